The normalized spacial score (nSPS) is 11.7. The van der Waals surface area contributed by atoms with Crippen molar-refractivity contribution in [1.82, 2.24) is 0 Å². The van der Waals surface area contributed by atoms with Crippen LogP contribution in [0, 0.1) is 12.8 Å². The van der Waals surface area contributed by atoms with Gasteiger partial charge < -0.3 is 10.1 Å². The molecular weight excluding hydrogens is 314 g/mol. The number of halogens is 1. The summed E-state index contributed by atoms with van der Waals surface area (Å²) in [5.41, 5.74) is 1.94. The molecule has 0 saturated carbocycles. The summed E-state index contributed by atoms with van der Waals surface area (Å²) in [5, 5.41) is 3.15. The smallest absolute Gasteiger partial charge is 0.235 e. The third-order valence-electron chi connectivity index (χ3n) is 3.54. The van der Waals surface area contributed by atoms with E-state index in [1.165, 1.54) is 0 Å². The molecule has 5 heteroatoms. The molecule has 0 aliphatic carbocycles. The lowest BCUT2D eigenvalue weighted by atomic mass is 9.98. The number of benzene rings is 2. The van der Waals surface area contributed by atoms with Crippen LogP contribution in [0.15, 0.2) is 42.5 Å². The van der Waals surface area contributed by atoms with Crippen molar-refractivity contribution in [1.29, 1.82) is 0 Å². The lowest BCUT2D eigenvalue weighted by Gasteiger charge is -2.13. The number of nitrogens with one attached hydrogen (secondary N) is 1. The van der Waals surface area contributed by atoms with Crippen molar-refractivity contribution in [2.45, 2.75) is 13.8 Å². The maximum absolute atomic E-state index is 12.4. The first-order valence-corrected chi connectivity index (χ1v) is 7.55. The predicted octanol–water partition coefficient (Wildman–Crippen LogP) is 4.11. The van der Waals surface area contributed by atoms with Crippen LogP contribution in [0.3, 0.4) is 0 Å². The SMILES string of the molecule is COc1ccc(C(=O)C(C)C(=O)Nc2cc(C)ccc2Cl)cc1. The molecule has 23 heavy (non-hydrogen) atoms. The van der Waals surface area contributed by atoms with E-state index < -0.39 is 11.8 Å². The second kappa shape index (κ2) is 7.29. The van der Waals surface area contributed by atoms with Gasteiger partial charge in [0.2, 0.25) is 5.91 Å². The largest absolute Gasteiger partial charge is 0.497 e. The van der Waals surface area contributed by atoms with Crippen molar-refractivity contribution in [3.05, 3.63) is 58.6 Å². The minimum atomic E-state index is -0.819. The van der Waals surface area contributed by atoms with E-state index in [0.717, 1.165) is 5.56 Å². The number of hydrogen-bond donors (Lipinski definition) is 1. The van der Waals surface area contributed by atoms with Crippen molar-refractivity contribution in [2.75, 3.05) is 12.4 Å². The van der Waals surface area contributed by atoms with E-state index in [9.17, 15) is 9.59 Å². The van der Waals surface area contributed by atoms with E-state index in [0.29, 0.717) is 22.0 Å². The van der Waals surface area contributed by atoms with Gasteiger partial charge in [-0.3, -0.25) is 9.59 Å². The zero-order valence-electron chi connectivity index (χ0n) is 13.2. The first kappa shape index (κ1) is 17.0. The lowest BCUT2D eigenvalue weighted by molar-refractivity contribution is -0.118. The number of Topliss-reactive ketones (excluding diaryl/α,β-unsaturated/α-hetero) is 1. The van der Waals surface area contributed by atoms with E-state index in [4.69, 9.17) is 16.3 Å². The average Bonchev–Trinajstić information content (AvgIpc) is 2.56. The molecule has 1 N–H and O–H groups in total. The van der Waals surface area contributed by atoms with Gasteiger partial charge in [-0.2, -0.15) is 0 Å². The van der Waals surface area contributed by atoms with E-state index in [1.54, 1.807) is 50.4 Å². The van der Waals surface area contributed by atoms with Crippen molar-refractivity contribution >= 4 is 29.0 Å². The highest BCUT2D eigenvalue weighted by Gasteiger charge is 2.23. The number of hydrogen-bond acceptors (Lipinski definition) is 3. The Morgan fingerprint density at radius 3 is 2.39 bits per heavy atom. The van der Waals surface area contributed by atoms with Gasteiger partial charge in [0.25, 0.3) is 0 Å². The summed E-state index contributed by atoms with van der Waals surface area (Å²) >= 11 is 6.06. The third kappa shape index (κ3) is 4.11. The van der Waals surface area contributed by atoms with E-state index in [2.05, 4.69) is 5.32 Å². The molecule has 2 rings (SSSR count). The minimum absolute atomic E-state index is 0.256. The molecule has 1 amide bonds. The molecule has 0 radical (unpaired) electrons. The lowest BCUT2D eigenvalue weighted by Crippen LogP contribution is -2.27. The van der Waals surface area contributed by atoms with Gasteiger partial charge in [0, 0.05) is 5.56 Å². The Morgan fingerprint density at radius 2 is 1.78 bits per heavy atom. The van der Waals surface area contributed by atoms with Crippen molar-refractivity contribution < 1.29 is 14.3 Å². The average molecular weight is 332 g/mol. The first-order chi connectivity index (χ1) is 10.9. The number of carbonyl (C=O) groups is 2. The van der Waals surface area contributed by atoms with Crippen LogP contribution in [0.1, 0.15) is 22.8 Å². The molecule has 2 aromatic rings. The molecule has 0 aliphatic heterocycles. The van der Waals surface area contributed by atoms with Crippen LogP contribution in [-0.4, -0.2) is 18.8 Å². The second-order valence-corrected chi connectivity index (χ2v) is 5.69. The Kier molecular flexibility index (Phi) is 5.40. The molecule has 0 aliphatic rings. The molecule has 4 nitrogen and oxygen atoms in total. The Balaban J connectivity index is 2.11. The van der Waals surface area contributed by atoms with Crippen LogP contribution in [0.25, 0.3) is 0 Å². The number of rotatable bonds is 5. The standard InChI is InChI=1S/C18H18ClNO3/c1-11-4-9-15(19)16(10-11)20-18(22)12(2)17(21)13-5-7-14(23-3)8-6-13/h4-10,12H,1-3H3,(H,20,22). The number of carbonyl (C=O) groups excluding carboxylic acids is 2. The Hall–Kier alpha value is -2.33. The van der Waals surface area contributed by atoms with Gasteiger partial charge in [-0.1, -0.05) is 17.7 Å². The third-order valence-corrected chi connectivity index (χ3v) is 3.87. The molecule has 0 fully saturated rings. The van der Waals surface area contributed by atoms with Crippen LogP contribution >= 0.6 is 11.6 Å². The van der Waals surface area contributed by atoms with Gasteiger partial charge in [0.15, 0.2) is 5.78 Å². The summed E-state index contributed by atoms with van der Waals surface area (Å²) in [5.74, 6) is -0.808. The van der Waals surface area contributed by atoms with Crippen molar-refractivity contribution in [2.24, 2.45) is 5.92 Å². The maximum Gasteiger partial charge on any atom is 0.235 e. The molecule has 2 aromatic carbocycles. The Labute approximate surface area is 140 Å². The molecule has 0 spiro atoms. The zero-order valence-corrected chi connectivity index (χ0v) is 14.0. The number of amides is 1. The van der Waals surface area contributed by atoms with E-state index in [-0.39, 0.29) is 5.78 Å². The monoisotopic (exact) mass is 331 g/mol. The summed E-state index contributed by atoms with van der Waals surface area (Å²) < 4.78 is 5.05. The quantitative estimate of drug-likeness (QED) is 0.662. The van der Waals surface area contributed by atoms with Crippen molar-refractivity contribution in [3.8, 4) is 5.75 Å². The minimum Gasteiger partial charge on any atom is -0.497 e. The molecule has 0 bridgehead atoms. The Bertz CT molecular complexity index is 726. The fraction of sp³-hybridized carbons (Fsp3) is 0.222. The van der Waals surface area contributed by atoms with Crippen LogP contribution in [0.2, 0.25) is 5.02 Å². The summed E-state index contributed by atoms with van der Waals surface area (Å²) in [7, 11) is 1.55. The first-order valence-electron chi connectivity index (χ1n) is 7.17. The molecule has 0 heterocycles. The highest BCUT2D eigenvalue weighted by Crippen LogP contribution is 2.24. The van der Waals surface area contributed by atoms with Crippen molar-refractivity contribution in [3.63, 3.8) is 0 Å². The topological polar surface area (TPSA) is 55.4 Å². The molecule has 120 valence electrons. The number of methoxy groups -OCH3 is 1. The molecule has 1 atom stereocenters. The van der Waals surface area contributed by atoms with E-state index in [1.807, 2.05) is 13.0 Å². The van der Waals surface area contributed by atoms with Gasteiger partial charge in [-0.15, -0.1) is 0 Å². The molecule has 0 saturated heterocycles. The highest BCUT2D eigenvalue weighted by atomic mass is 35.5. The maximum atomic E-state index is 12.4. The summed E-state index contributed by atoms with van der Waals surface area (Å²) in [6, 6.07) is 12.0. The number of ketones is 1. The fourth-order valence-electron chi connectivity index (χ4n) is 2.10. The molecule has 1 unspecified atom stereocenters. The van der Waals surface area contributed by atoms with Crippen LogP contribution < -0.4 is 10.1 Å². The Morgan fingerprint density at radius 1 is 1.13 bits per heavy atom. The summed E-state index contributed by atoms with van der Waals surface area (Å²) in [4.78, 5) is 24.7. The predicted molar refractivity (Wildman–Crippen MR) is 91.3 cm³/mol. The zero-order chi connectivity index (χ0) is 17.0. The summed E-state index contributed by atoms with van der Waals surface area (Å²) in [6.07, 6.45) is 0. The number of anilines is 1. The highest BCUT2D eigenvalue weighted by molar-refractivity contribution is 6.34. The van der Waals surface area contributed by atoms with Gasteiger partial charge in [-0.05, 0) is 55.8 Å². The van der Waals surface area contributed by atoms with Gasteiger partial charge >= 0.3 is 0 Å². The number of ether oxygens (including phenoxy) is 1. The van der Waals surface area contributed by atoms with Crippen LogP contribution in [0.4, 0.5) is 5.69 Å². The molecule has 0 aromatic heterocycles. The molecular formula is C18H18ClNO3. The van der Waals surface area contributed by atoms with Gasteiger partial charge in [0.1, 0.15) is 5.75 Å². The van der Waals surface area contributed by atoms with Gasteiger partial charge in [0.05, 0.1) is 23.7 Å². The fourth-order valence-corrected chi connectivity index (χ4v) is 2.27. The number of aryl methyl sites for hydroxylation is 1. The van der Waals surface area contributed by atoms with Crippen LogP contribution in [-0.2, 0) is 4.79 Å². The van der Waals surface area contributed by atoms with Gasteiger partial charge in [-0.25, -0.2) is 0 Å². The van der Waals surface area contributed by atoms with E-state index >= 15 is 0 Å². The summed E-state index contributed by atoms with van der Waals surface area (Å²) in [6.45, 7) is 3.48. The second-order valence-electron chi connectivity index (χ2n) is 5.29. The van der Waals surface area contributed by atoms with Crippen LogP contribution in [0.5, 0.6) is 5.75 Å².